The standard InChI is InChI=1S/C16H18N4O/c21-15-8-13(11-4-2-1-3-5-11)9-20(15)10-14-17-16(19-18-14)12-6-7-12/h1-5,12-13H,6-10H2,(H,17,18,19)/t13-/m0/s1. The third kappa shape index (κ3) is 2.55. The Bertz CT molecular complexity index is 647. The lowest BCUT2D eigenvalue weighted by molar-refractivity contribution is -0.128. The zero-order valence-corrected chi connectivity index (χ0v) is 11.8. The quantitative estimate of drug-likeness (QED) is 0.935. The van der Waals surface area contributed by atoms with Gasteiger partial charge in [-0.3, -0.25) is 9.89 Å². The summed E-state index contributed by atoms with van der Waals surface area (Å²) in [4.78, 5) is 18.6. The van der Waals surface area contributed by atoms with Gasteiger partial charge in [-0.25, -0.2) is 4.98 Å². The SMILES string of the molecule is O=C1C[C@H](c2ccccc2)CN1Cc1nc(C2CC2)n[nH]1. The van der Waals surface area contributed by atoms with Crippen molar-refractivity contribution in [1.29, 1.82) is 0 Å². The number of nitrogens with zero attached hydrogens (tertiary/aromatic N) is 3. The lowest BCUT2D eigenvalue weighted by atomic mass is 9.99. The van der Waals surface area contributed by atoms with Gasteiger partial charge in [-0.2, -0.15) is 5.10 Å². The molecule has 2 aliphatic rings. The number of rotatable bonds is 4. The molecule has 1 aliphatic carbocycles. The molecule has 108 valence electrons. The van der Waals surface area contributed by atoms with Gasteiger partial charge >= 0.3 is 0 Å². The molecule has 1 N–H and O–H groups in total. The molecule has 2 fully saturated rings. The number of carbonyl (C=O) groups excluding carboxylic acids is 1. The molecule has 1 atom stereocenters. The third-order valence-electron chi connectivity index (χ3n) is 4.32. The fourth-order valence-corrected chi connectivity index (χ4v) is 2.96. The van der Waals surface area contributed by atoms with Crippen LogP contribution in [0.5, 0.6) is 0 Å². The Morgan fingerprint density at radius 1 is 1.19 bits per heavy atom. The van der Waals surface area contributed by atoms with Gasteiger partial charge in [0.2, 0.25) is 5.91 Å². The van der Waals surface area contributed by atoms with Crippen molar-refractivity contribution in [3.63, 3.8) is 0 Å². The molecule has 1 aliphatic heterocycles. The maximum atomic E-state index is 12.2. The number of hydrogen-bond donors (Lipinski definition) is 1. The first kappa shape index (κ1) is 12.6. The Morgan fingerprint density at radius 3 is 2.76 bits per heavy atom. The van der Waals surface area contributed by atoms with E-state index in [9.17, 15) is 4.79 Å². The summed E-state index contributed by atoms with van der Waals surface area (Å²) >= 11 is 0. The van der Waals surface area contributed by atoms with Crippen LogP contribution in [-0.4, -0.2) is 32.5 Å². The van der Waals surface area contributed by atoms with Crippen molar-refractivity contribution in [3.05, 3.63) is 47.5 Å². The molecule has 0 bridgehead atoms. The molecule has 4 rings (SSSR count). The molecular formula is C16H18N4O. The number of aromatic nitrogens is 3. The summed E-state index contributed by atoms with van der Waals surface area (Å²) in [6.45, 7) is 1.31. The molecule has 0 radical (unpaired) electrons. The maximum absolute atomic E-state index is 12.2. The van der Waals surface area contributed by atoms with Crippen molar-refractivity contribution < 1.29 is 4.79 Å². The minimum atomic E-state index is 0.202. The van der Waals surface area contributed by atoms with E-state index >= 15 is 0 Å². The Hall–Kier alpha value is -2.17. The van der Waals surface area contributed by atoms with Crippen molar-refractivity contribution in [2.45, 2.75) is 37.6 Å². The van der Waals surface area contributed by atoms with Gasteiger partial charge in [-0.15, -0.1) is 0 Å². The van der Waals surface area contributed by atoms with Crippen molar-refractivity contribution in [1.82, 2.24) is 20.1 Å². The Balaban J connectivity index is 1.44. The van der Waals surface area contributed by atoms with E-state index in [1.807, 2.05) is 23.1 Å². The number of aromatic amines is 1. The molecule has 1 aromatic heterocycles. The van der Waals surface area contributed by atoms with Crippen LogP contribution in [0.1, 0.15) is 48.3 Å². The Morgan fingerprint density at radius 2 is 2.00 bits per heavy atom. The summed E-state index contributed by atoms with van der Waals surface area (Å²) in [7, 11) is 0. The molecule has 2 aromatic rings. The fraction of sp³-hybridized carbons (Fsp3) is 0.438. The Kier molecular flexibility index (Phi) is 2.98. The van der Waals surface area contributed by atoms with Crippen LogP contribution in [0.3, 0.4) is 0 Å². The first-order chi connectivity index (χ1) is 10.3. The third-order valence-corrected chi connectivity index (χ3v) is 4.32. The topological polar surface area (TPSA) is 61.9 Å². The second-order valence-corrected chi connectivity index (χ2v) is 6.00. The highest BCUT2D eigenvalue weighted by atomic mass is 16.2. The van der Waals surface area contributed by atoms with Crippen molar-refractivity contribution >= 4 is 5.91 Å². The minimum absolute atomic E-state index is 0.202. The van der Waals surface area contributed by atoms with Crippen LogP contribution in [0.4, 0.5) is 0 Å². The second-order valence-electron chi connectivity index (χ2n) is 6.00. The summed E-state index contributed by atoms with van der Waals surface area (Å²) < 4.78 is 0. The molecule has 0 spiro atoms. The van der Waals surface area contributed by atoms with Gasteiger partial charge in [-0.1, -0.05) is 30.3 Å². The summed E-state index contributed by atoms with van der Waals surface area (Å²) in [5, 5.41) is 7.22. The second kappa shape index (κ2) is 4.98. The van der Waals surface area contributed by atoms with Crippen molar-refractivity contribution in [2.75, 3.05) is 6.54 Å². The molecule has 2 heterocycles. The average Bonchev–Trinajstić information content (AvgIpc) is 3.16. The van der Waals surface area contributed by atoms with E-state index in [-0.39, 0.29) is 5.91 Å². The highest BCUT2D eigenvalue weighted by Crippen LogP contribution is 2.38. The first-order valence-electron chi connectivity index (χ1n) is 7.53. The largest absolute Gasteiger partial charge is 0.335 e. The molecule has 1 saturated heterocycles. The maximum Gasteiger partial charge on any atom is 0.223 e. The lowest BCUT2D eigenvalue weighted by Crippen LogP contribution is -2.25. The smallest absolute Gasteiger partial charge is 0.223 e. The van der Waals surface area contributed by atoms with Crippen LogP contribution in [0, 0.1) is 0 Å². The highest BCUT2D eigenvalue weighted by Gasteiger charge is 2.32. The van der Waals surface area contributed by atoms with Crippen LogP contribution >= 0.6 is 0 Å². The van der Waals surface area contributed by atoms with E-state index in [1.54, 1.807) is 0 Å². The summed E-state index contributed by atoms with van der Waals surface area (Å²) in [5.74, 6) is 2.76. The predicted octanol–water partition coefficient (Wildman–Crippen LogP) is 2.20. The van der Waals surface area contributed by atoms with E-state index in [0.29, 0.717) is 24.8 Å². The van der Waals surface area contributed by atoms with E-state index in [4.69, 9.17) is 0 Å². The summed E-state index contributed by atoms with van der Waals surface area (Å²) in [6, 6.07) is 10.3. The molecular weight excluding hydrogens is 264 g/mol. The predicted molar refractivity (Wildman–Crippen MR) is 77.6 cm³/mol. The van der Waals surface area contributed by atoms with Crippen molar-refractivity contribution in [2.24, 2.45) is 0 Å². The van der Waals surface area contributed by atoms with Crippen molar-refractivity contribution in [3.8, 4) is 0 Å². The summed E-state index contributed by atoms with van der Waals surface area (Å²) in [6.07, 6.45) is 2.97. The van der Waals surface area contributed by atoms with Gasteiger partial charge in [0.05, 0.1) is 6.54 Å². The van der Waals surface area contributed by atoms with Gasteiger partial charge in [0.25, 0.3) is 0 Å². The molecule has 1 amide bonds. The van der Waals surface area contributed by atoms with Gasteiger partial charge in [0, 0.05) is 24.8 Å². The zero-order chi connectivity index (χ0) is 14.2. The van der Waals surface area contributed by atoms with Gasteiger partial charge in [0.1, 0.15) is 5.82 Å². The van der Waals surface area contributed by atoms with E-state index in [2.05, 4.69) is 27.3 Å². The molecule has 1 saturated carbocycles. The number of benzene rings is 1. The number of H-pyrrole nitrogens is 1. The fourth-order valence-electron chi connectivity index (χ4n) is 2.96. The molecule has 21 heavy (non-hydrogen) atoms. The molecule has 0 unspecified atom stereocenters. The lowest BCUT2D eigenvalue weighted by Gasteiger charge is -2.14. The monoisotopic (exact) mass is 282 g/mol. The average molecular weight is 282 g/mol. The van der Waals surface area contributed by atoms with Crippen LogP contribution in [0.2, 0.25) is 0 Å². The normalized spacial score (nSPS) is 22.0. The number of nitrogens with one attached hydrogen (secondary N) is 1. The first-order valence-corrected chi connectivity index (χ1v) is 7.53. The minimum Gasteiger partial charge on any atom is -0.335 e. The molecule has 5 heteroatoms. The number of amides is 1. The Labute approximate surface area is 123 Å². The van der Waals surface area contributed by atoms with E-state index in [0.717, 1.165) is 18.2 Å². The van der Waals surface area contributed by atoms with E-state index < -0.39 is 0 Å². The van der Waals surface area contributed by atoms with Crippen LogP contribution in [0.25, 0.3) is 0 Å². The highest BCUT2D eigenvalue weighted by molar-refractivity contribution is 5.79. The zero-order valence-electron chi connectivity index (χ0n) is 11.8. The number of likely N-dealkylation sites (tertiary alicyclic amines) is 1. The van der Waals surface area contributed by atoms with Gasteiger partial charge < -0.3 is 4.90 Å². The van der Waals surface area contributed by atoms with Crippen LogP contribution < -0.4 is 0 Å². The molecule has 1 aromatic carbocycles. The van der Waals surface area contributed by atoms with Gasteiger partial charge in [0.15, 0.2) is 5.82 Å². The number of carbonyl (C=O) groups is 1. The molecule has 5 nitrogen and oxygen atoms in total. The van der Waals surface area contributed by atoms with Crippen LogP contribution in [-0.2, 0) is 11.3 Å². The van der Waals surface area contributed by atoms with E-state index in [1.165, 1.54) is 18.4 Å². The summed E-state index contributed by atoms with van der Waals surface area (Å²) in [5.41, 5.74) is 1.24. The van der Waals surface area contributed by atoms with Gasteiger partial charge in [-0.05, 0) is 18.4 Å². The van der Waals surface area contributed by atoms with Crippen LogP contribution in [0.15, 0.2) is 30.3 Å². The number of hydrogen-bond acceptors (Lipinski definition) is 3.